The van der Waals surface area contributed by atoms with Crippen molar-refractivity contribution in [1.82, 2.24) is 9.97 Å². The third kappa shape index (κ3) is 2.28. The normalized spacial score (nSPS) is 11.6. The highest BCUT2D eigenvalue weighted by Crippen LogP contribution is 2.23. The van der Waals surface area contributed by atoms with Gasteiger partial charge in [-0.1, -0.05) is 6.07 Å². The van der Waals surface area contributed by atoms with Crippen LogP contribution >= 0.6 is 11.3 Å². The van der Waals surface area contributed by atoms with Gasteiger partial charge in [-0.05, 0) is 24.4 Å². The molecule has 0 bridgehead atoms. The van der Waals surface area contributed by atoms with Crippen LogP contribution in [-0.2, 0) is 9.84 Å². The Morgan fingerprint density at radius 1 is 1.31 bits per heavy atom. The third-order valence-electron chi connectivity index (χ3n) is 1.94. The van der Waals surface area contributed by atoms with E-state index >= 15 is 0 Å². The first kappa shape index (κ1) is 11.2. The third-order valence-corrected chi connectivity index (χ3v) is 3.68. The summed E-state index contributed by atoms with van der Waals surface area (Å²) in [5, 5.41) is 1.81. The van der Waals surface area contributed by atoms with Gasteiger partial charge in [0.1, 0.15) is 0 Å². The van der Waals surface area contributed by atoms with Gasteiger partial charge in [0.05, 0.1) is 10.6 Å². The van der Waals surface area contributed by atoms with Crippen LogP contribution in [0.4, 0.5) is 0 Å². The van der Waals surface area contributed by atoms with Crippen LogP contribution in [0.2, 0.25) is 0 Å². The molecule has 0 amide bonds. The Bertz CT molecular complexity index is 604. The lowest BCUT2D eigenvalue weighted by molar-refractivity contribution is 0.592. The minimum Gasteiger partial charge on any atom is -0.224 e. The molecule has 2 aromatic rings. The predicted molar refractivity (Wildman–Crippen MR) is 63.2 cm³/mol. The second kappa shape index (κ2) is 3.95. The maximum atomic E-state index is 11.4. The van der Waals surface area contributed by atoms with Crippen LogP contribution in [0.3, 0.4) is 0 Å². The smallest absolute Gasteiger partial charge is 0.224 e. The summed E-state index contributed by atoms with van der Waals surface area (Å²) in [5.41, 5.74) is 1.31. The Balaban J connectivity index is 2.62. The van der Waals surface area contributed by atoms with Gasteiger partial charge in [0.25, 0.3) is 0 Å². The number of hydrogen-bond donors (Lipinski definition) is 0. The summed E-state index contributed by atoms with van der Waals surface area (Å²) in [6.07, 6.45) is 1.11. The molecule has 2 rings (SSSR count). The molecule has 0 aliphatic carbocycles. The van der Waals surface area contributed by atoms with Gasteiger partial charge in [0, 0.05) is 11.9 Å². The zero-order valence-electron chi connectivity index (χ0n) is 8.84. The second-order valence-corrected chi connectivity index (χ2v) is 6.28. The van der Waals surface area contributed by atoms with Crippen molar-refractivity contribution in [3.05, 3.63) is 29.3 Å². The first-order valence-electron chi connectivity index (χ1n) is 4.56. The Labute approximate surface area is 97.9 Å². The number of aromatic nitrogens is 2. The minimum atomic E-state index is -3.36. The van der Waals surface area contributed by atoms with E-state index in [9.17, 15) is 8.42 Å². The lowest BCUT2D eigenvalue weighted by Crippen LogP contribution is -2.05. The van der Waals surface area contributed by atoms with Crippen molar-refractivity contribution in [3.8, 4) is 10.6 Å². The number of rotatable bonds is 2. The highest BCUT2D eigenvalue weighted by atomic mass is 32.2. The van der Waals surface area contributed by atoms with E-state index < -0.39 is 9.84 Å². The van der Waals surface area contributed by atoms with Crippen molar-refractivity contribution >= 4 is 21.2 Å². The molecule has 0 aromatic carbocycles. The molecule has 0 aliphatic rings. The summed E-state index contributed by atoms with van der Waals surface area (Å²) >= 11 is 1.52. The fraction of sp³-hybridized carbons (Fsp3) is 0.200. The Hall–Kier alpha value is -1.27. The van der Waals surface area contributed by atoms with E-state index in [1.54, 1.807) is 13.0 Å². The molecule has 2 aromatic heterocycles. The molecule has 0 fully saturated rings. The number of nitrogens with zero attached hydrogens (tertiary/aromatic N) is 2. The van der Waals surface area contributed by atoms with Crippen molar-refractivity contribution in [3.63, 3.8) is 0 Å². The van der Waals surface area contributed by atoms with Crippen LogP contribution in [0.25, 0.3) is 10.6 Å². The average Bonchev–Trinajstić information content (AvgIpc) is 2.68. The highest BCUT2D eigenvalue weighted by Gasteiger charge is 2.13. The lowest BCUT2D eigenvalue weighted by Gasteiger charge is -2.02. The topological polar surface area (TPSA) is 59.9 Å². The summed E-state index contributed by atoms with van der Waals surface area (Å²) in [6, 6.07) is 5.58. The standard InChI is InChI=1S/C10H10N2O2S2/c1-7-6-8(9-4-3-5-15-9)12-10(11-7)16(2,13)14/h3-6H,1-2H3. The van der Waals surface area contributed by atoms with Gasteiger partial charge >= 0.3 is 0 Å². The highest BCUT2D eigenvalue weighted by molar-refractivity contribution is 7.90. The summed E-state index contributed by atoms with van der Waals surface area (Å²) < 4.78 is 22.8. The molecule has 6 heteroatoms. The molecule has 16 heavy (non-hydrogen) atoms. The quantitative estimate of drug-likeness (QED) is 0.768. The summed E-state index contributed by atoms with van der Waals surface area (Å²) in [4.78, 5) is 8.92. The average molecular weight is 254 g/mol. The van der Waals surface area contributed by atoms with Gasteiger partial charge in [-0.15, -0.1) is 11.3 Å². The minimum absolute atomic E-state index is 0.115. The SMILES string of the molecule is Cc1cc(-c2cccs2)nc(S(C)(=O)=O)n1. The zero-order chi connectivity index (χ0) is 11.8. The molecular weight excluding hydrogens is 244 g/mol. The maximum Gasteiger partial charge on any atom is 0.247 e. The Kier molecular flexibility index (Phi) is 2.77. The van der Waals surface area contributed by atoms with Crippen molar-refractivity contribution in [2.75, 3.05) is 6.26 Å². The van der Waals surface area contributed by atoms with Crippen molar-refractivity contribution in [1.29, 1.82) is 0 Å². The van der Waals surface area contributed by atoms with Crippen LogP contribution < -0.4 is 0 Å². The number of sulfone groups is 1. The molecule has 0 saturated carbocycles. The van der Waals surface area contributed by atoms with Gasteiger partial charge in [0.2, 0.25) is 15.0 Å². The molecule has 0 N–H and O–H groups in total. The summed E-state index contributed by atoms with van der Waals surface area (Å²) in [6.45, 7) is 1.76. The molecule has 84 valence electrons. The first-order valence-corrected chi connectivity index (χ1v) is 7.33. The predicted octanol–water partition coefficient (Wildman–Crippen LogP) is 1.92. The van der Waals surface area contributed by atoms with Gasteiger partial charge in [-0.2, -0.15) is 0 Å². The summed E-state index contributed by atoms with van der Waals surface area (Å²) in [7, 11) is -3.36. The molecule has 0 radical (unpaired) electrons. The van der Waals surface area contributed by atoms with E-state index in [-0.39, 0.29) is 5.16 Å². The van der Waals surface area contributed by atoms with Crippen molar-refractivity contribution < 1.29 is 8.42 Å². The van der Waals surface area contributed by atoms with E-state index in [0.29, 0.717) is 11.4 Å². The van der Waals surface area contributed by atoms with E-state index in [1.807, 2.05) is 17.5 Å². The van der Waals surface area contributed by atoms with Crippen LogP contribution in [-0.4, -0.2) is 24.6 Å². The molecule has 0 aliphatic heterocycles. The Morgan fingerprint density at radius 2 is 2.06 bits per heavy atom. The second-order valence-electron chi connectivity index (χ2n) is 3.43. The first-order chi connectivity index (χ1) is 7.47. The van der Waals surface area contributed by atoms with Gasteiger partial charge < -0.3 is 0 Å². The van der Waals surface area contributed by atoms with E-state index in [0.717, 1.165) is 11.1 Å². The molecule has 0 unspecified atom stereocenters. The number of aryl methyl sites for hydroxylation is 1. The number of hydrogen-bond acceptors (Lipinski definition) is 5. The van der Waals surface area contributed by atoms with E-state index in [2.05, 4.69) is 9.97 Å². The van der Waals surface area contributed by atoms with Crippen molar-refractivity contribution in [2.45, 2.75) is 12.1 Å². The molecule has 0 saturated heterocycles. The van der Waals surface area contributed by atoms with Crippen LogP contribution in [0.1, 0.15) is 5.69 Å². The molecule has 0 spiro atoms. The van der Waals surface area contributed by atoms with Gasteiger partial charge in [0.15, 0.2) is 0 Å². The number of thiophene rings is 1. The van der Waals surface area contributed by atoms with Gasteiger partial charge in [-0.25, -0.2) is 18.4 Å². The molecule has 4 nitrogen and oxygen atoms in total. The summed E-state index contributed by atoms with van der Waals surface area (Å²) in [5.74, 6) is 0. The molecular formula is C10H10N2O2S2. The van der Waals surface area contributed by atoms with Crippen molar-refractivity contribution in [2.24, 2.45) is 0 Å². The maximum absolute atomic E-state index is 11.4. The van der Waals surface area contributed by atoms with Crippen LogP contribution in [0, 0.1) is 6.92 Å². The van der Waals surface area contributed by atoms with Crippen LogP contribution in [0.5, 0.6) is 0 Å². The monoisotopic (exact) mass is 254 g/mol. The molecule has 0 atom stereocenters. The largest absolute Gasteiger partial charge is 0.247 e. The Morgan fingerprint density at radius 3 is 2.62 bits per heavy atom. The van der Waals surface area contributed by atoms with E-state index in [1.165, 1.54) is 11.3 Å². The van der Waals surface area contributed by atoms with E-state index in [4.69, 9.17) is 0 Å². The zero-order valence-corrected chi connectivity index (χ0v) is 10.5. The van der Waals surface area contributed by atoms with Crippen LogP contribution in [0.15, 0.2) is 28.7 Å². The van der Waals surface area contributed by atoms with Gasteiger partial charge in [-0.3, -0.25) is 0 Å². The molecule has 2 heterocycles. The lowest BCUT2D eigenvalue weighted by atomic mass is 10.3. The fourth-order valence-corrected chi connectivity index (χ4v) is 2.52. The fourth-order valence-electron chi connectivity index (χ4n) is 1.26.